The van der Waals surface area contributed by atoms with Crippen molar-refractivity contribution in [1.82, 2.24) is 19.6 Å². The van der Waals surface area contributed by atoms with Crippen LogP contribution < -0.4 is 0 Å². The van der Waals surface area contributed by atoms with Crippen LogP contribution in [0.15, 0.2) is 12.3 Å². The minimum atomic E-state index is -0.512. The Morgan fingerprint density at radius 1 is 1.35 bits per heavy atom. The number of likely N-dealkylation sites (N-methyl/N-ethyl adjacent to an activating group) is 2. The van der Waals surface area contributed by atoms with Crippen molar-refractivity contribution in [3.05, 3.63) is 18.0 Å². The predicted molar refractivity (Wildman–Crippen MR) is 66.7 cm³/mol. The van der Waals surface area contributed by atoms with E-state index in [1.54, 1.807) is 4.68 Å². The van der Waals surface area contributed by atoms with E-state index in [2.05, 4.69) is 29.0 Å². The average Bonchev–Trinajstić information content (AvgIpc) is 2.64. The van der Waals surface area contributed by atoms with Gasteiger partial charge in [0.15, 0.2) is 0 Å². The molecule has 0 aromatic carbocycles. The van der Waals surface area contributed by atoms with E-state index in [0.717, 1.165) is 31.7 Å². The fourth-order valence-electron chi connectivity index (χ4n) is 2.43. The van der Waals surface area contributed by atoms with Gasteiger partial charge in [-0.25, -0.2) is 0 Å². The highest BCUT2D eigenvalue weighted by Crippen LogP contribution is 2.21. The number of aromatic nitrogens is 2. The molecule has 0 saturated carbocycles. The molecule has 5 heteroatoms. The predicted octanol–water partition coefficient (Wildman–Crippen LogP) is 0.0894. The van der Waals surface area contributed by atoms with Crippen molar-refractivity contribution in [1.29, 1.82) is 0 Å². The van der Waals surface area contributed by atoms with E-state index in [0.29, 0.717) is 0 Å². The minimum Gasteiger partial charge on any atom is -0.385 e. The molecule has 5 nitrogen and oxygen atoms in total. The van der Waals surface area contributed by atoms with Gasteiger partial charge in [-0.1, -0.05) is 0 Å². The number of aliphatic hydroxyl groups excluding tert-OH is 1. The van der Waals surface area contributed by atoms with E-state index < -0.39 is 6.10 Å². The fraction of sp³-hybridized carbons (Fsp3) is 0.750. The van der Waals surface area contributed by atoms with E-state index in [1.165, 1.54) is 0 Å². The molecule has 1 aromatic rings. The van der Waals surface area contributed by atoms with Crippen molar-refractivity contribution >= 4 is 0 Å². The van der Waals surface area contributed by atoms with Crippen LogP contribution in [-0.4, -0.2) is 64.5 Å². The van der Waals surface area contributed by atoms with Gasteiger partial charge < -0.3 is 10.0 Å². The zero-order valence-electron chi connectivity index (χ0n) is 10.9. The largest absolute Gasteiger partial charge is 0.385 e. The summed E-state index contributed by atoms with van der Waals surface area (Å²) in [6, 6.07) is 2.01. The third-order valence-corrected chi connectivity index (χ3v) is 3.52. The van der Waals surface area contributed by atoms with Gasteiger partial charge in [-0.15, -0.1) is 0 Å². The summed E-state index contributed by atoms with van der Waals surface area (Å²) < 4.78 is 1.74. The molecule has 0 radical (unpaired) electrons. The van der Waals surface area contributed by atoms with Crippen LogP contribution in [0.25, 0.3) is 0 Å². The smallest absolute Gasteiger partial charge is 0.114 e. The standard InChI is InChI=1S/C12H22N4O/c1-14-6-4-7-15(2)11(9-14)12(17)10-5-8-16(3)13-10/h5,8,11-12,17H,4,6-7,9H2,1-3H3. The van der Waals surface area contributed by atoms with Gasteiger partial charge in [-0.2, -0.15) is 5.10 Å². The molecule has 2 unspecified atom stereocenters. The van der Waals surface area contributed by atoms with Gasteiger partial charge >= 0.3 is 0 Å². The van der Waals surface area contributed by atoms with Crippen LogP contribution in [0.3, 0.4) is 0 Å². The van der Waals surface area contributed by atoms with Gasteiger partial charge in [-0.3, -0.25) is 9.58 Å². The van der Waals surface area contributed by atoms with Crippen LogP contribution in [0.2, 0.25) is 0 Å². The summed E-state index contributed by atoms with van der Waals surface area (Å²) in [4.78, 5) is 4.52. The Bertz CT molecular complexity index is 365. The maximum absolute atomic E-state index is 10.4. The first-order valence-corrected chi connectivity index (χ1v) is 6.14. The molecule has 0 spiro atoms. The van der Waals surface area contributed by atoms with Crippen LogP contribution in [0, 0.1) is 0 Å². The lowest BCUT2D eigenvalue weighted by Gasteiger charge is -2.30. The summed E-state index contributed by atoms with van der Waals surface area (Å²) in [7, 11) is 6.06. The molecule has 2 heterocycles. The molecule has 0 amide bonds. The Morgan fingerprint density at radius 2 is 2.12 bits per heavy atom. The Morgan fingerprint density at radius 3 is 2.76 bits per heavy atom. The van der Waals surface area contributed by atoms with Crippen LogP contribution in [0.1, 0.15) is 18.2 Å². The second-order valence-corrected chi connectivity index (χ2v) is 5.02. The Balaban J connectivity index is 2.13. The molecule has 1 aromatic heterocycles. The number of aliphatic hydroxyl groups is 1. The third-order valence-electron chi connectivity index (χ3n) is 3.52. The van der Waals surface area contributed by atoms with E-state index in [1.807, 2.05) is 19.3 Å². The summed E-state index contributed by atoms with van der Waals surface area (Å²) in [5, 5.41) is 14.7. The highest BCUT2D eigenvalue weighted by Gasteiger charge is 2.29. The first kappa shape index (κ1) is 12.5. The van der Waals surface area contributed by atoms with Gasteiger partial charge in [0.2, 0.25) is 0 Å². The molecule has 1 saturated heterocycles. The number of hydrogen-bond acceptors (Lipinski definition) is 4. The normalized spacial score (nSPS) is 25.8. The van der Waals surface area contributed by atoms with E-state index in [-0.39, 0.29) is 6.04 Å². The van der Waals surface area contributed by atoms with Crippen molar-refractivity contribution in [3.8, 4) is 0 Å². The summed E-state index contributed by atoms with van der Waals surface area (Å²) >= 11 is 0. The highest BCUT2D eigenvalue weighted by atomic mass is 16.3. The lowest BCUT2D eigenvalue weighted by molar-refractivity contribution is 0.0539. The minimum absolute atomic E-state index is 0.123. The summed E-state index contributed by atoms with van der Waals surface area (Å²) in [6.07, 6.45) is 2.51. The molecule has 1 aliphatic rings. The molecule has 0 bridgehead atoms. The SMILES string of the molecule is CN1CCCN(C)C(C(O)c2ccn(C)n2)C1. The number of rotatable bonds is 2. The maximum Gasteiger partial charge on any atom is 0.114 e. The molecule has 17 heavy (non-hydrogen) atoms. The number of hydrogen-bond donors (Lipinski definition) is 1. The molecule has 2 atom stereocenters. The molecule has 1 fully saturated rings. The second kappa shape index (κ2) is 5.16. The zero-order chi connectivity index (χ0) is 12.4. The molecule has 96 valence electrons. The van der Waals surface area contributed by atoms with Gasteiger partial charge in [0.05, 0.1) is 11.7 Å². The van der Waals surface area contributed by atoms with E-state index in [9.17, 15) is 5.11 Å². The zero-order valence-corrected chi connectivity index (χ0v) is 10.9. The molecule has 2 rings (SSSR count). The molecule has 1 N–H and O–H groups in total. The summed E-state index contributed by atoms with van der Waals surface area (Å²) in [5.41, 5.74) is 0.764. The van der Waals surface area contributed by atoms with Gasteiger partial charge in [0.1, 0.15) is 6.10 Å². The van der Waals surface area contributed by atoms with E-state index in [4.69, 9.17) is 0 Å². The van der Waals surface area contributed by atoms with Gasteiger partial charge in [0, 0.05) is 19.8 Å². The van der Waals surface area contributed by atoms with Gasteiger partial charge in [-0.05, 0) is 39.7 Å². The van der Waals surface area contributed by atoms with Crippen molar-refractivity contribution in [2.75, 3.05) is 33.7 Å². The second-order valence-electron chi connectivity index (χ2n) is 5.02. The van der Waals surface area contributed by atoms with Crippen molar-refractivity contribution in [2.45, 2.75) is 18.6 Å². The number of aryl methyl sites for hydroxylation is 1. The molecular weight excluding hydrogens is 216 g/mol. The molecular formula is C12H22N4O. The van der Waals surface area contributed by atoms with Gasteiger partial charge in [0.25, 0.3) is 0 Å². The van der Waals surface area contributed by atoms with Crippen LogP contribution >= 0.6 is 0 Å². The topological polar surface area (TPSA) is 44.5 Å². The van der Waals surface area contributed by atoms with Crippen molar-refractivity contribution < 1.29 is 5.11 Å². The Hall–Kier alpha value is -0.910. The summed E-state index contributed by atoms with van der Waals surface area (Å²) in [5.74, 6) is 0. The molecule has 0 aliphatic carbocycles. The fourth-order valence-corrected chi connectivity index (χ4v) is 2.43. The van der Waals surface area contributed by atoms with E-state index >= 15 is 0 Å². The van der Waals surface area contributed by atoms with Crippen LogP contribution in [-0.2, 0) is 7.05 Å². The monoisotopic (exact) mass is 238 g/mol. The third kappa shape index (κ3) is 2.86. The lowest BCUT2D eigenvalue weighted by atomic mass is 10.1. The van der Waals surface area contributed by atoms with Crippen LogP contribution in [0.4, 0.5) is 0 Å². The summed E-state index contributed by atoms with van der Waals surface area (Å²) in [6.45, 7) is 3.00. The van der Waals surface area contributed by atoms with Crippen LogP contribution in [0.5, 0.6) is 0 Å². The van der Waals surface area contributed by atoms with Crippen molar-refractivity contribution in [2.24, 2.45) is 7.05 Å². The van der Waals surface area contributed by atoms with Crippen molar-refractivity contribution in [3.63, 3.8) is 0 Å². The molecule has 1 aliphatic heterocycles. The number of nitrogens with zero attached hydrogens (tertiary/aromatic N) is 4. The first-order chi connectivity index (χ1) is 8.08. The first-order valence-electron chi connectivity index (χ1n) is 6.14. The quantitative estimate of drug-likeness (QED) is 0.793. The average molecular weight is 238 g/mol. The highest BCUT2D eigenvalue weighted by molar-refractivity contribution is 5.06. The lowest BCUT2D eigenvalue weighted by Crippen LogP contribution is -2.42. The Labute approximate surface area is 103 Å². The Kier molecular flexibility index (Phi) is 3.81. The maximum atomic E-state index is 10.4.